The molecule has 0 spiro atoms. The number of aryl methyl sites for hydroxylation is 1. The smallest absolute Gasteiger partial charge is 0.415 e. The van der Waals surface area contributed by atoms with Gasteiger partial charge in [-0.25, -0.2) is 27.6 Å². The van der Waals surface area contributed by atoms with Crippen LogP contribution in [0.2, 0.25) is 0 Å². The topological polar surface area (TPSA) is 230 Å². The Kier molecular flexibility index (Phi) is 15.6. The molecular formula is C37H50N6O12S2. The van der Waals surface area contributed by atoms with Crippen LogP contribution in [0.3, 0.4) is 0 Å². The standard InChI is InChI=1S/C37H50N6O12S2/c1-24-9-15-27(16-10-24)57(51,52)43-23-56-37(2,3)30(43)31(44)39-29(33(46)47)22-25-11-13-26(14-12-25)55-36(50)42-20-18-41(19-21-42)32(45)28(40-35(49)54-5)8-6-7-17-38-34(48)53-4/h9-16,28-30H,6-8,17-23H2,1-5H3,(H,38,48)(H,39,44)(H,40,49)(H,46,47)/t28?,29-,30+/m0/s1. The number of carboxylic acids is 1. The number of unbranched alkanes of at least 4 members (excludes halogenated alkanes) is 1. The van der Waals surface area contributed by atoms with Crippen molar-refractivity contribution in [1.29, 1.82) is 0 Å². The number of hydrogen-bond acceptors (Lipinski definition) is 12. The highest BCUT2D eigenvalue weighted by Gasteiger charge is 2.51. The molecular weight excluding hydrogens is 785 g/mol. The van der Waals surface area contributed by atoms with Crippen molar-refractivity contribution in [2.75, 3.05) is 52.8 Å². The summed E-state index contributed by atoms with van der Waals surface area (Å²) >= 11 is 1.28. The van der Waals surface area contributed by atoms with Crippen molar-refractivity contribution < 1.29 is 56.5 Å². The maximum Gasteiger partial charge on any atom is 0.415 e. The predicted molar refractivity (Wildman–Crippen MR) is 208 cm³/mol. The van der Waals surface area contributed by atoms with Crippen molar-refractivity contribution in [1.82, 2.24) is 30.1 Å². The molecule has 57 heavy (non-hydrogen) atoms. The lowest BCUT2D eigenvalue weighted by atomic mass is 10.0. The lowest BCUT2D eigenvalue weighted by Gasteiger charge is -2.35. The van der Waals surface area contributed by atoms with Gasteiger partial charge in [-0.05, 0) is 69.9 Å². The molecule has 4 N–H and O–H groups in total. The molecule has 0 aromatic heterocycles. The molecule has 2 saturated heterocycles. The summed E-state index contributed by atoms with van der Waals surface area (Å²) in [5, 5.41) is 17.7. The van der Waals surface area contributed by atoms with Gasteiger partial charge < -0.3 is 45.1 Å². The van der Waals surface area contributed by atoms with Gasteiger partial charge in [-0.15, -0.1) is 11.8 Å². The molecule has 2 aromatic carbocycles. The first kappa shape index (κ1) is 44.6. The lowest BCUT2D eigenvalue weighted by molar-refractivity contribution is -0.142. The second kappa shape index (κ2) is 19.9. The second-order valence-corrected chi connectivity index (χ2v) is 17.5. The molecule has 18 nitrogen and oxygen atoms in total. The first-order chi connectivity index (χ1) is 27.0. The van der Waals surface area contributed by atoms with Crippen LogP contribution in [0.1, 0.15) is 44.2 Å². The van der Waals surface area contributed by atoms with Crippen molar-refractivity contribution in [3.63, 3.8) is 0 Å². The number of ether oxygens (including phenoxy) is 3. The van der Waals surface area contributed by atoms with Crippen molar-refractivity contribution in [3.8, 4) is 5.75 Å². The maximum absolute atomic E-state index is 13.7. The van der Waals surface area contributed by atoms with Crippen LogP contribution >= 0.6 is 11.8 Å². The number of aliphatic carboxylic acids is 1. The molecule has 20 heteroatoms. The Morgan fingerprint density at radius 3 is 2.07 bits per heavy atom. The van der Waals surface area contributed by atoms with Crippen molar-refractivity contribution in [3.05, 3.63) is 59.7 Å². The molecule has 2 aliphatic heterocycles. The van der Waals surface area contributed by atoms with E-state index in [1.54, 1.807) is 38.1 Å². The molecule has 3 atom stereocenters. The Labute approximate surface area is 336 Å². The largest absolute Gasteiger partial charge is 0.480 e. The van der Waals surface area contributed by atoms with Gasteiger partial charge in [0.05, 0.1) is 25.0 Å². The molecule has 0 saturated carbocycles. The molecule has 312 valence electrons. The van der Waals surface area contributed by atoms with Gasteiger partial charge in [0.1, 0.15) is 23.9 Å². The number of hydrogen-bond donors (Lipinski definition) is 4. The SMILES string of the molecule is COC(=O)NCCCCC(NC(=O)OC)C(=O)N1CCN(C(=O)Oc2ccc(C[C@H](NC(=O)[C@H]3N(S(=O)(=O)c4ccc(C)cc4)CSC3(C)C)C(=O)O)cc2)CC1. The van der Waals surface area contributed by atoms with Crippen molar-refractivity contribution >= 4 is 57.8 Å². The Bertz CT molecular complexity index is 1870. The number of nitrogens with one attached hydrogen (secondary N) is 3. The van der Waals surface area contributed by atoms with E-state index >= 15 is 0 Å². The third kappa shape index (κ3) is 12.0. The second-order valence-electron chi connectivity index (χ2n) is 14.0. The number of alkyl carbamates (subject to hydrolysis) is 2. The van der Waals surface area contributed by atoms with Gasteiger partial charge in [-0.3, -0.25) is 9.59 Å². The average molecular weight is 835 g/mol. The number of carbonyl (C=O) groups excluding carboxylic acids is 5. The van der Waals surface area contributed by atoms with E-state index in [4.69, 9.17) is 4.74 Å². The van der Waals surface area contributed by atoms with E-state index < -0.39 is 63.1 Å². The van der Waals surface area contributed by atoms with Gasteiger partial charge in [0.15, 0.2) is 0 Å². The monoisotopic (exact) mass is 834 g/mol. The fraction of sp³-hybridized carbons (Fsp3) is 0.514. The molecule has 1 unspecified atom stereocenters. The molecule has 2 fully saturated rings. The van der Waals surface area contributed by atoms with Gasteiger partial charge in [0.25, 0.3) is 0 Å². The maximum atomic E-state index is 13.7. The third-order valence-corrected chi connectivity index (χ3v) is 12.9. The summed E-state index contributed by atoms with van der Waals surface area (Å²) in [6, 6.07) is 8.95. The van der Waals surface area contributed by atoms with Gasteiger partial charge in [0.2, 0.25) is 21.8 Å². The number of benzene rings is 2. The molecule has 5 amide bonds. The number of carbonyl (C=O) groups is 6. The number of rotatable bonds is 15. The summed E-state index contributed by atoms with van der Waals surface area (Å²) < 4.78 is 42.2. The zero-order chi connectivity index (χ0) is 41.9. The van der Waals surface area contributed by atoms with Crippen LogP contribution in [-0.2, 0) is 40.3 Å². The van der Waals surface area contributed by atoms with Crippen LogP contribution in [0, 0.1) is 6.92 Å². The van der Waals surface area contributed by atoms with Crippen LogP contribution < -0.4 is 20.7 Å². The number of methoxy groups -OCH3 is 2. The van der Waals surface area contributed by atoms with Crippen LogP contribution in [0.25, 0.3) is 0 Å². The minimum absolute atomic E-state index is 0.0160. The van der Waals surface area contributed by atoms with E-state index in [1.165, 1.54) is 60.0 Å². The zero-order valence-electron chi connectivity index (χ0n) is 32.5. The summed E-state index contributed by atoms with van der Waals surface area (Å²) in [5.41, 5.74) is 1.38. The van der Waals surface area contributed by atoms with Crippen LogP contribution in [0.5, 0.6) is 5.75 Å². The number of thioether (sulfide) groups is 1. The van der Waals surface area contributed by atoms with E-state index in [0.29, 0.717) is 31.4 Å². The van der Waals surface area contributed by atoms with Crippen LogP contribution in [0.4, 0.5) is 14.4 Å². The Morgan fingerprint density at radius 2 is 1.47 bits per heavy atom. The normalized spacial score (nSPS) is 17.8. The first-order valence-corrected chi connectivity index (χ1v) is 20.7. The number of piperazine rings is 1. The Balaban J connectivity index is 1.30. The number of sulfonamides is 1. The van der Waals surface area contributed by atoms with E-state index in [2.05, 4.69) is 25.4 Å². The highest BCUT2D eigenvalue weighted by atomic mass is 32.2. The highest BCUT2D eigenvalue weighted by molar-refractivity contribution is 8.02. The Hall–Kier alpha value is -5.08. The minimum Gasteiger partial charge on any atom is -0.480 e. The van der Waals surface area contributed by atoms with Gasteiger partial charge >= 0.3 is 24.2 Å². The summed E-state index contributed by atoms with van der Waals surface area (Å²) in [7, 11) is -1.62. The quantitative estimate of drug-likeness (QED) is 0.189. The molecule has 0 bridgehead atoms. The molecule has 0 aliphatic carbocycles. The average Bonchev–Trinajstić information content (AvgIpc) is 3.52. The summed E-state index contributed by atoms with van der Waals surface area (Å²) in [6.07, 6.45) is -0.767. The van der Waals surface area contributed by atoms with Crippen molar-refractivity contribution in [2.24, 2.45) is 0 Å². The van der Waals surface area contributed by atoms with E-state index in [1.807, 2.05) is 6.92 Å². The minimum atomic E-state index is -4.07. The summed E-state index contributed by atoms with van der Waals surface area (Å²) in [6.45, 7) is 6.33. The third-order valence-electron chi connectivity index (χ3n) is 9.57. The van der Waals surface area contributed by atoms with E-state index in [-0.39, 0.29) is 55.0 Å². The molecule has 4 rings (SSSR count). The van der Waals surface area contributed by atoms with E-state index in [0.717, 1.165) is 9.87 Å². The fourth-order valence-corrected chi connectivity index (χ4v) is 9.47. The van der Waals surface area contributed by atoms with Gasteiger partial charge in [-0.1, -0.05) is 29.8 Å². The van der Waals surface area contributed by atoms with Gasteiger partial charge in [0, 0.05) is 43.9 Å². The lowest BCUT2D eigenvalue weighted by Crippen LogP contribution is -2.56. The number of nitrogens with zero attached hydrogens (tertiary/aromatic N) is 3. The molecule has 2 aromatic rings. The molecule has 0 radical (unpaired) electrons. The van der Waals surface area contributed by atoms with Gasteiger partial charge in [-0.2, -0.15) is 4.31 Å². The fourth-order valence-electron chi connectivity index (χ4n) is 6.30. The molecule has 2 heterocycles. The van der Waals surface area contributed by atoms with Crippen LogP contribution in [-0.4, -0.2) is 139 Å². The first-order valence-electron chi connectivity index (χ1n) is 18.2. The van der Waals surface area contributed by atoms with Crippen LogP contribution in [0.15, 0.2) is 53.4 Å². The predicted octanol–water partition coefficient (Wildman–Crippen LogP) is 2.54. The van der Waals surface area contributed by atoms with E-state index in [9.17, 15) is 42.3 Å². The number of carboxylic acid groups (broad SMARTS) is 1. The Morgan fingerprint density at radius 1 is 0.860 bits per heavy atom. The number of amides is 5. The zero-order valence-corrected chi connectivity index (χ0v) is 34.2. The molecule has 2 aliphatic rings. The summed E-state index contributed by atoms with van der Waals surface area (Å²) in [5.74, 6) is -2.18. The van der Waals surface area contributed by atoms with Crippen molar-refractivity contribution in [2.45, 2.75) is 74.2 Å². The summed E-state index contributed by atoms with van der Waals surface area (Å²) in [4.78, 5) is 78.5. The highest BCUT2D eigenvalue weighted by Crippen LogP contribution is 2.42.